The number of aliphatic imine (C=N–C) groups is 2. The summed E-state index contributed by atoms with van der Waals surface area (Å²) >= 11 is 1.83. The molecule has 0 radical (unpaired) electrons. The molecule has 4 heterocycles. The zero-order valence-electron chi connectivity index (χ0n) is 37.3. The summed E-state index contributed by atoms with van der Waals surface area (Å²) in [6.07, 6.45) is -0.462. The summed E-state index contributed by atoms with van der Waals surface area (Å²) in [7, 11) is 0. The van der Waals surface area contributed by atoms with Crippen molar-refractivity contribution in [2.24, 2.45) is 9.98 Å². The Morgan fingerprint density at radius 1 is 0.391 bits per heavy atom. The second kappa shape index (κ2) is 15.9. The number of hydrogen-bond acceptors (Lipinski definition) is 4. The van der Waals surface area contributed by atoms with Crippen LogP contribution in [0.15, 0.2) is 247 Å². The predicted molar refractivity (Wildman–Crippen MR) is 291 cm³/mol. The van der Waals surface area contributed by atoms with Crippen LogP contribution in [0.1, 0.15) is 22.9 Å². The SMILES string of the molecule is c1ccc(-c2cccc(C3=NC(c4ccccc4-n4c5ccccc5c5c(-c6cccc7c6c6ccccc6n7-c6ccccc6)cccc54)NC(c4ccc5sc6ccccc6c5c4)=N3)c2)cc1. The van der Waals surface area contributed by atoms with Crippen LogP contribution in [0.25, 0.3) is 97.4 Å². The van der Waals surface area contributed by atoms with Crippen molar-refractivity contribution < 1.29 is 0 Å². The molecule has 13 aromatic rings. The van der Waals surface area contributed by atoms with Gasteiger partial charge in [-0.1, -0.05) is 164 Å². The van der Waals surface area contributed by atoms with Gasteiger partial charge in [0, 0.05) is 64.1 Å². The molecule has 14 rings (SSSR count). The highest BCUT2D eigenvalue weighted by atomic mass is 32.1. The van der Waals surface area contributed by atoms with Gasteiger partial charge in [0.2, 0.25) is 0 Å². The third kappa shape index (κ3) is 6.37. The van der Waals surface area contributed by atoms with E-state index in [4.69, 9.17) is 9.98 Å². The Bertz CT molecular complexity index is 4230. The molecule has 0 aliphatic carbocycles. The molecule has 1 aliphatic heterocycles. The van der Waals surface area contributed by atoms with Gasteiger partial charge in [-0.2, -0.15) is 0 Å². The fourth-order valence-electron chi connectivity index (χ4n) is 10.8. The molecular weight excluding hydrogens is 859 g/mol. The zero-order valence-corrected chi connectivity index (χ0v) is 38.1. The Morgan fingerprint density at radius 2 is 0.957 bits per heavy atom. The summed E-state index contributed by atoms with van der Waals surface area (Å²) in [5.74, 6) is 1.47. The first kappa shape index (κ1) is 39.3. The molecular formula is C63H41N5S. The van der Waals surface area contributed by atoms with Crippen LogP contribution >= 0.6 is 11.3 Å². The van der Waals surface area contributed by atoms with E-state index in [9.17, 15) is 0 Å². The Hall–Kier alpha value is -8.84. The van der Waals surface area contributed by atoms with Gasteiger partial charge in [-0.3, -0.25) is 0 Å². The topological polar surface area (TPSA) is 46.6 Å². The number of para-hydroxylation sites is 4. The molecule has 0 saturated carbocycles. The number of fused-ring (bicyclic) bond motifs is 9. The van der Waals surface area contributed by atoms with Crippen molar-refractivity contribution in [3.63, 3.8) is 0 Å². The van der Waals surface area contributed by atoms with Crippen LogP contribution in [0.2, 0.25) is 0 Å². The third-order valence-corrected chi connectivity index (χ3v) is 14.9. The van der Waals surface area contributed by atoms with Crippen LogP contribution in [0.3, 0.4) is 0 Å². The largest absolute Gasteiger partial charge is 0.344 e. The molecule has 1 aliphatic rings. The van der Waals surface area contributed by atoms with E-state index >= 15 is 0 Å². The van der Waals surface area contributed by atoms with Crippen molar-refractivity contribution in [2.75, 3.05) is 0 Å². The molecule has 0 fully saturated rings. The summed E-state index contributed by atoms with van der Waals surface area (Å²) in [6.45, 7) is 0. The van der Waals surface area contributed by atoms with Crippen LogP contribution in [-0.2, 0) is 0 Å². The highest BCUT2D eigenvalue weighted by Gasteiger charge is 2.27. The fourth-order valence-corrected chi connectivity index (χ4v) is 11.8. The van der Waals surface area contributed by atoms with E-state index in [-0.39, 0.29) is 0 Å². The Morgan fingerprint density at radius 3 is 1.72 bits per heavy atom. The van der Waals surface area contributed by atoms with Crippen LogP contribution in [0, 0.1) is 0 Å². The molecule has 0 spiro atoms. The highest BCUT2D eigenvalue weighted by molar-refractivity contribution is 7.25. The van der Waals surface area contributed by atoms with E-state index in [1.54, 1.807) is 0 Å². The first-order valence-corrected chi connectivity index (χ1v) is 24.3. The number of amidine groups is 2. The van der Waals surface area contributed by atoms with Gasteiger partial charge < -0.3 is 14.5 Å². The molecule has 1 N–H and O–H groups in total. The van der Waals surface area contributed by atoms with E-state index in [1.807, 2.05) is 11.3 Å². The lowest BCUT2D eigenvalue weighted by molar-refractivity contribution is 0.671. The lowest BCUT2D eigenvalue weighted by atomic mass is 9.95. The van der Waals surface area contributed by atoms with Gasteiger partial charge in [-0.15, -0.1) is 11.3 Å². The maximum atomic E-state index is 5.53. The van der Waals surface area contributed by atoms with Crippen LogP contribution in [0.5, 0.6) is 0 Å². The number of hydrogen-bond donors (Lipinski definition) is 1. The summed E-state index contributed by atoms with van der Waals surface area (Å²) in [4.78, 5) is 10.9. The minimum absolute atomic E-state index is 0.462. The number of benzene rings is 10. The second-order valence-corrected chi connectivity index (χ2v) is 18.8. The van der Waals surface area contributed by atoms with Gasteiger partial charge in [0.1, 0.15) is 12.0 Å². The molecule has 0 saturated heterocycles. The second-order valence-electron chi connectivity index (χ2n) is 17.7. The molecule has 324 valence electrons. The van der Waals surface area contributed by atoms with E-state index < -0.39 is 6.17 Å². The molecule has 5 nitrogen and oxygen atoms in total. The van der Waals surface area contributed by atoms with E-state index in [0.29, 0.717) is 5.84 Å². The van der Waals surface area contributed by atoms with Crippen molar-refractivity contribution >= 4 is 86.8 Å². The molecule has 6 heteroatoms. The number of aromatic nitrogens is 2. The Balaban J connectivity index is 0.964. The van der Waals surface area contributed by atoms with E-state index in [2.05, 4.69) is 251 Å². The minimum atomic E-state index is -0.462. The van der Waals surface area contributed by atoms with Gasteiger partial charge in [-0.05, 0) is 95.1 Å². The third-order valence-electron chi connectivity index (χ3n) is 13.8. The molecule has 1 unspecified atom stereocenters. The van der Waals surface area contributed by atoms with Gasteiger partial charge in [-0.25, -0.2) is 9.98 Å². The van der Waals surface area contributed by atoms with Crippen molar-refractivity contribution in [1.29, 1.82) is 0 Å². The van der Waals surface area contributed by atoms with Gasteiger partial charge in [0.25, 0.3) is 0 Å². The van der Waals surface area contributed by atoms with Crippen LogP contribution in [-0.4, -0.2) is 20.8 Å². The number of nitrogens with one attached hydrogen (secondary N) is 1. The van der Waals surface area contributed by atoms with Gasteiger partial charge >= 0.3 is 0 Å². The zero-order chi connectivity index (χ0) is 45.4. The monoisotopic (exact) mass is 899 g/mol. The molecule has 0 bridgehead atoms. The number of rotatable bonds is 7. The Labute approximate surface area is 402 Å². The maximum Gasteiger partial charge on any atom is 0.159 e. The standard InChI is InChI=1S/C63H41N5S/c1-3-18-40(19-4-1)41-20-15-21-42(38-41)61-64-62(43-36-37-58-51(39-43)45-24-10-14-35-57(45)69-58)66-63(65-61)50-27-9-13-32-54(50)68-53-31-12-8-26-49(53)60-47(29-17-34-56(60)68)46-28-16-33-55-59(46)48-25-7-11-30-52(48)67(55)44-22-5-2-6-23-44/h1-39,63H,(H,64,65,66). The summed E-state index contributed by atoms with van der Waals surface area (Å²) in [5, 5.41) is 11.2. The average Bonchev–Trinajstić information content (AvgIpc) is 4.09. The summed E-state index contributed by atoms with van der Waals surface area (Å²) in [5.41, 5.74) is 14.5. The quantitative estimate of drug-likeness (QED) is 0.170. The van der Waals surface area contributed by atoms with E-state index in [0.717, 1.165) is 56.1 Å². The van der Waals surface area contributed by atoms with Crippen molar-refractivity contribution in [2.45, 2.75) is 6.17 Å². The minimum Gasteiger partial charge on any atom is -0.344 e. The molecule has 0 amide bonds. The molecule has 69 heavy (non-hydrogen) atoms. The lowest BCUT2D eigenvalue weighted by Gasteiger charge is -2.26. The highest BCUT2D eigenvalue weighted by Crippen LogP contribution is 2.45. The number of nitrogens with zero attached hydrogens (tertiary/aromatic N) is 4. The van der Waals surface area contributed by atoms with E-state index in [1.165, 1.54) is 63.9 Å². The molecule has 3 aromatic heterocycles. The summed E-state index contributed by atoms with van der Waals surface area (Å²) < 4.78 is 7.38. The fraction of sp³-hybridized carbons (Fsp3) is 0.0159. The average molecular weight is 900 g/mol. The maximum absolute atomic E-state index is 5.53. The normalized spacial score (nSPS) is 13.9. The molecule has 1 atom stereocenters. The smallest absolute Gasteiger partial charge is 0.159 e. The summed E-state index contributed by atoms with van der Waals surface area (Å²) in [6, 6.07) is 85.1. The van der Waals surface area contributed by atoms with Crippen molar-refractivity contribution in [1.82, 2.24) is 14.5 Å². The first-order valence-electron chi connectivity index (χ1n) is 23.4. The first-order chi connectivity index (χ1) is 34.2. The van der Waals surface area contributed by atoms with Crippen LogP contribution in [0.4, 0.5) is 0 Å². The van der Waals surface area contributed by atoms with Crippen molar-refractivity contribution in [3.8, 4) is 33.6 Å². The van der Waals surface area contributed by atoms with Gasteiger partial charge in [0.15, 0.2) is 5.84 Å². The predicted octanol–water partition coefficient (Wildman–Crippen LogP) is 16.1. The lowest BCUT2D eigenvalue weighted by Crippen LogP contribution is -2.34. The molecule has 10 aromatic carbocycles. The van der Waals surface area contributed by atoms with Crippen LogP contribution < -0.4 is 5.32 Å². The number of thiophene rings is 1. The Kier molecular flexibility index (Phi) is 9.07. The van der Waals surface area contributed by atoms with Crippen molar-refractivity contribution in [3.05, 3.63) is 253 Å². The van der Waals surface area contributed by atoms with Gasteiger partial charge in [0.05, 0.1) is 27.8 Å².